The third kappa shape index (κ3) is 3.13. The number of aromatic nitrogens is 1. The molecule has 0 bridgehead atoms. The summed E-state index contributed by atoms with van der Waals surface area (Å²) < 4.78 is 1.08. The van der Waals surface area contributed by atoms with Crippen molar-refractivity contribution in [1.82, 2.24) is 4.98 Å². The molecule has 0 saturated heterocycles. The first kappa shape index (κ1) is 13.6. The highest BCUT2D eigenvalue weighted by molar-refractivity contribution is 9.10. The standard InChI is InChI=1S/C14H15BrN2S/c1-9-7-10(2)17-14(13(9)8-16)18-12-5-3-11(15)4-6-12/h3-7H,8,16H2,1-2H3. The van der Waals surface area contributed by atoms with Gasteiger partial charge in [0.05, 0.1) is 0 Å². The average Bonchev–Trinajstić information content (AvgIpc) is 2.32. The zero-order valence-electron chi connectivity index (χ0n) is 10.4. The van der Waals surface area contributed by atoms with Crippen molar-refractivity contribution in [2.75, 3.05) is 0 Å². The van der Waals surface area contributed by atoms with Crippen LogP contribution in [0.2, 0.25) is 0 Å². The van der Waals surface area contributed by atoms with E-state index in [-0.39, 0.29) is 0 Å². The first-order valence-electron chi connectivity index (χ1n) is 5.70. The lowest BCUT2D eigenvalue weighted by molar-refractivity contribution is 0.922. The molecule has 1 aromatic heterocycles. The maximum Gasteiger partial charge on any atom is 0.106 e. The van der Waals surface area contributed by atoms with Crippen molar-refractivity contribution in [3.63, 3.8) is 0 Å². The smallest absolute Gasteiger partial charge is 0.106 e. The number of nitrogens with zero attached hydrogens (tertiary/aromatic N) is 1. The van der Waals surface area contributed by atoms with E-state index in [1.165, 1.54) is 10.5 Å². The topological polar surface area (TPSA) is 38.9 Å². The summed E-state index contributed by atoms with van der Waals surface area (Å²) in [4.78, 5) is 5.77. The fourth-order valence-electron chi connectivity index (χ4n) is 1.78. The molecule has 2 rings (SSSR count). The number of hydrogen-bond donors (Lipinski definition) is 1. The van der Waals surface area contributed by atoms with Crippen molar-refractivity contribution in [2.45, 2.75) is 30.3 Å². The van der Waals surface area contributed by atoms with Crippen LogP contribution in [0.1, 0.15) is 16.8 Å². The van der Waals surface area contributed by atoms with Crippen LogP contribution in [-0.2, 0) is 6.54 Å². The van der Waals surface area contributed by atoms with Gasteiger partial charge in [0.25, 0.3) is 0 Å². The van der Waals surface area contributed by atoms with E-state index < -0.39 is 0 Å². The van der Waals surface area contributed by atoms with E-state index in [9.17, 15) is 0 Å². The second kappa shape index (κ2) is 5.87. The second-order valence-corrected chi connectivity index (χ2v) is 6.10. The predicted octanol–water partition coefficient (Wildman–Crippen LogP) is 4.07. The van der Waals surface area contributed by atoms with E-state index in [4.69, 9.17) is 5.73 Å². The van der Waals surface area contributed by atoms with Crippen LogP contribution in [0.15, 0.2) is 44.7 Å². The number of rotatable bonds is 3. The molecule has 2 aromatic rings. The van der Waals surface area contributed by atoms with Gasteiger partial charge in [-0.25, -0.2) is 4.98 Å². The van der Waals surface area contributed by atoms with Gasteiger partial charge in [-0.3, -0.25) is 0 Å². The van der Waals surface area contributed by atoms with Gasteiger partial charge >= 0.3 is 0 Å². The molecule has 18 heavy (non-hydrogen) atoms. The molecule has 0 aliphatic rings. The minimum absolute atomic E-state index is 0.526. The minimum Gasteiger partial charge on any atom is -0.326 e. The van der Waals surface area contributed by atoms with E-state index in [1.54, 1.807) is 11.8 Å². The van der Waals surface area contributed by atoms with Crippen molar-refractivity contribution < 1.29 is 0 Å². The lowest BCUT2D eigenvalue weighted by Crippen LogP contribution is -2.04. The van der Waals surface area contributed by atoms with E-state index in [2.05, 4.69) is 46.0 Å². The Morgan fingerprint density at radius 1 is 1.22 bits per heavy atom. The normalized spacial score (nSPS) is 10.7. The summed E-state index contributed by atoms with van der Waals surface area (Å²) in [6.07, 6.45) is 0. The molecular formula is C14H15BrN2S. The van der Waals surface area contributed by atoms with Crippen LogP contribution < -0.4 is 5.73 Å². The van der Waals surface area contributed by atoms with Crippen LogP contribution >= 0.6 is 27.7 Å². The fourth-order valence-corrected chi connectivity index (χ4v) is 3.09. The van der Waals surface area contributed by atoms with Gasteiger partial charge in [-0.05, 0) is 49.7 Å². The van der Waals surface area contributed by atoms with Crippen LogP contribution in [0, 0.1) is 13.8 Å². The molecule has 1 aromatic carbocycles. The molecule has 1 heterocycles. The number of pyridine rings is 1. The van der Waals surface area contributed by atoms with Crippen molar-refractivity contribution in [3.05, 3.63) is 51.6 Å². The quantitative estimate of drug-likeness (QED) is 0.925. The van der Waals surface area contributed by atoms with Crippen molar-refractivity contribution in [2.24, 2.45) is 5.73 Å². The molecule has 0 unspecified atom stereocenters. The molecule has 2 N–H and O–H groups in total. The highest BCUT2D eigenvalue weighted by atomic mass is 79.9. The molecule has 94 valence electrons. The molecule has 0 fully saturated rings. The predicted molar refractivity (Wildman–Crippen MR) is 79.9 cm³/mol. The Kier molecular flexibility index (Phi) is 4.43. The summed E-state index contributed by atoms with van der Waals surface area (Å²) in [5.41, 5.74) is 9.20. The molecule has 0 aliphatic heterocycles. The molecule has 4 heteroatoms. The van der Waals surface area contributed by atoms with Gasteiger partial charge < -0.3 is 5.73 Å². The lowest BCUT2D eigenvalue weighted by atomic mass is 10.1. The first-order valence-corrected chi connectivity index (χ1v) is 7.31. The summed E-state index contributed by atoms with van der Waals surface area (Å²) in [5, 5.41) is 1.01. The number of hydrogen-bond acceptors (Lipinski definition) is 3. The minimum atomic E-state index is 0.526. The van der Waals surface area contributed by atoms with Gasteiger partial charge in [0.1, 0.15) is 5.03 Å². The first-order chi connectivity index (χ1) is 8.60. The van der Waals surface area contributed by atoms with Gasteiger partial charge in [-0.1, -0.05) is 27.7 Å². The van der Waals surface area contributed by atoms with Crippen LogP contribution in [0.4, 0.5) is 0 Å². The van der Waals surface area contributed by atoms with Crippen LogP contribution in [0.3, 0.4) is 0 Å². The van der Waals surface area contributed by atoms with Crippen LogP contribution in [0.5, 0.6) is 0 Å². The monoisotopic (exact) mass is 322 g/mol. The number of aryl methyl sites for hydroxylation is 2. The van der Waals surface area contributed by atoms with E-state index in [1.807, 2.05) is 19.1 Å². The maximum absolute atomic E-state index is 5.82. The molecule has 0 spiro atoms. The van der Waals surface area contributed by atoms with Gasteiger partial charge in [0.2, 0.25) is 0 Å². The fraction of sp³-hybridized carbons (Fsp3) is 0.214. The van der Waals surface area contributed by atoms with Gasteiger partial charge in [-0.2, -0.15) is 0 Å². The number of nitrogens with two attached hydrogens (primary N) is 1. The second-order valence-electron chi connectivity index (χ2n) is 4.12. The van der Waals surface area contributed by atoms with Gasteiger partial charge in [0, 0.05) is 27.2 Å². The summed E-state index contributed by atoms with van der Waals surface area (Å²) in [5.74, 6) is 0. The summed E-state index contributed by atoms with van der Waals surface area (Å²) in [6, 6.07) is 10.3. The molecule has 0 radical (unpaired) electrons. The lowest BCUT2D eigenvalue weighted by Gasteiger charge is -2.11. The number of benzene rings is 1. The SMILES string of the molecule is Cc1cc(C)c(CN)c(Sc2ccc(Br)cc2)n1. The Labute approximate surface area is 120 Å². The average molecular weight is 323 g/mol. The van der Waals surface area contributed by atoms with Crippen molar-refractivity contribution in [3.8, 4) is 0 Å². The Hall–Kier alpha value is -0.840. The summed E-state index contributed by atoms with van der Waals surface area (Å²) in [7, 11) is 0. The summed E-state index contributed by atoms with van der Waals surface area (Å²) in [6.45, 7) is 4.62. The van der Waals surface area contributed by atoms with Crippen LogP contribution in [0.25, 0.3) is 0 Å². The number of halogens is 1. The largest absolute Gasteiger partial charge is 0.326 e. The molecule has 0 amide bonds. The van der Waals surface area contributed by atoms with Crippen molar-refractivity contribution >= 4 is 27.7 Å². The molecular weight excluding hydrogens is 308 g/mol. The zero-order valence-corrected chi connectivity index (χ0v) is 12.8. The highest BCUT2D eigenvalue weighted by Gasteiger charge is 2.09. The Bertz CT molecular complexity index is 552. The van der Waals surface area contributed by atoms with E-state index in [0.717, 1.165) is 20.8 Å². The summed E-state index contributed by atoms with van der Waals surface area (Å²) >= 11 is 5.10. The molecule has 0 atom stereocenters. The van der Waals surface area contributed by atoms with Crippen LogP contribution in [-0.4, -0.2) is 4.98 Å². The molecule has 0 aliphatic carbocycles. The Balaban J connectivity index is 2.36. The molecule has 0 saturated carbocycles. The Morgan fingerprint density at radius 3 is 2.50 bits per heavy atom. The third-order valence-electron chi connectivity index (χ3n) is 2.67. The zero-order chi connectivity index (χ0) is 13.1. The Morgan fingerprint density at radius 2 is 1.89 bits per heavy atom. The van der Waals surface area contributed by atoms with Gasteiger partial charge in [-0.15, -0.1) is 0 Å². The highest BCUT2D eigenvalue weighted by Crippen LogP contribution is 2.31. The maximum atomic E-state index is 5.82. The van der Waals surface area contributed by atoms with Crippen molar-refractivity contribution in [1.29, 1.82) is 0 Å². The van der Waals surface area contributed by atoms with E-state index in [0.29, 0.717) is 6.54 Å². The molecule has 2 nitrogen and oxygen atoms in total. The third-order valence-corrected chi connectivity index (χ3v) is 4.24. The van der Waals surface area contributed by atoms with Gasteiger partial charge in [0.15, 0.2) is 0 Å². The van der Waals surface area contributed by atoms with E-state index >= 15 is 0 Å².